The van der Waals surface area contributed by atoms with Crippen LogP contribution in [-0.4, -0.2) is 21.1 Å². The van der Waals surface area contributed by atoms with Crippen LogP contribution >= 0.6 is 11.3 Å². The number of benzene rings is 1. The fourth-order valence-corrected chi connectivity index (χ4v) is 4.40. The molecule has 120 valence electrons. The fourth-order valence-electron chi connectivity index (χ4n) is 3.37. The Hall–Kier alpha value is -2.15. The summed E-state index contributed by atoms with van der Waals surface area (Å²) >= 11 is 1.33. The van der Waals surface area contributed by atoms with Crippen molar-refractivity contribution in [2.45, 2.75) is 38.1 Å². The second kappa shape index (κ2) is 5.49. The van der Waals surface area contributed by atoms with Crippen molar-refractivity contribution in [3.8, 4) is 5.75 Å². The molecule has 0 saturated heterocycles. The quantitative estimate of drug-likeness (QED) is 0.724. The number of rotatable bonds is 2. The van der Waals surface area contributed by atoms with E-state index in [9.17, 15) is 9.59 Å². The maximum Gasteiger partial charge on any atom is 0.354 e. The molecule has 1 aliphatic carbocycles. The Labute approximate surface area is 136 Å². The number of aromatic nitrogens is 3. The van der Waals surface area contributed by atoms with Crippen LogP contribution in [0, 0.1) is 0 Å². The predicted octanol–water partition coefficient (Wildman–Crippen LogP) is 2.58. The SMILES string of the molecule is COc1ccc2c(c1)sc1nc(=O)n(C3CCCCC3)c(=O)n12. The maximum atomic E-state index is 12.9. The van der Waals surface area contributed by atoms with Gasteiger partial charge in [-0.1, -0.05) is 30.6 Å². The van der Waals surface area contributed by atoms with Crippen molar-refractivity contribution in [2.24, 2.45) is 0 Å². The van der Waals surface area contributed by atoms with Gasteiger partial charge in [-0.15, -0.1) is 0 Å². The molecule has 0 unspecified atom stereocenters. The Morgan fingerprint density at radius 1 is 1.22 bits per heavy atom. The molecule has 4 rings (SSSR count). The Balaban J connectivity index is 2.00. The average Bonchev–Trinajstić information content (AvgIpc) is 2.92. The molecule has 23 heavy (non-hydrogen) atoms. The number of fused-ring (bicyclic) bond motifs is 3. The van der Waals surface area contributed by atoms with Gasteiger partial charge in [0.1, 0.15) is 5.75 Å². The minimum Gasteiger partial charge on any atom is -0.497 e. The monoisotopic (exact) mass is 331 g/mol. The first-order valence-electron chi connectivity index (χ1n) is 7.81. The van der Waals surface area contributed by atoms with Crippen molar-refractivity contribution in [3.05, 3.63) is 39.2 Å². The summed E-state index contributed by atoms with van der Waals surface area (Å²) < 4.78 is 9.01. The Morgan fingerprint density at radius 2 is 2.00 bits per heavy atom. The zero-order chi connectivity index (χ0) is 16.0. The Morgan fingerprint density at radius 3 is 2.74 bits per heavy atom. The van der Waals surface area contributed by atoms with Crippen LogP contribution in [0.1, 0.15) is 38.1 Å². The van der Waals surface area contributed by atoms with Gasteiger partial charge in [-0.2, -0.15) is 4.98 Å². The van der Waals surface area contributed by atoms with Gasteiger partial charge in [-0.25, -0.2) is 18.6 Å². The van der Waals surface area contributed by atoms with Gasteiger partial charge >= 0.3 is 11.4 Å². The molecular weight excluding hydrogens is 314 g/mol. The molecule has 1 aromatic carbocycles. The molecule has 0 amide bonds. The van der Waals surface area contributed by atoms with Gasteiger partial charge in [0.2, 0.25) is 4.96 Å². The molecular formula is C16H17N3O3S. The van der Waals surface area contributed by atoms with Crippen molar-refractivity contribution in [3.63, 3.8) is 0 Å². The largest absolute Gasteiger partial charge is 0.497 e. The number of hydrogen-bond donors (Lipinski definition) is 0. The number of ether oxygens (including phenoxy) is 1. The van der Waals surface area contributed by atoms with E-state index in [1.807, 2.05) is 18.2 Å². The van der Waals surface area contributed by atoms with Gasteiger partial charge in [0.15, 0.2) is 0 Å². The molecule has 0 N–H and O–H groups in total. The molecule has 0 spiro atoms. The third-order valence-electron chi connectivity index (χ3n) is 4.53. The second-order valence-electron chi connectivity index (χ2n) is 5.89. The highest BCUT2D eigenvalue weighted by molar-refractivity contribution is 7.23. The molecule has 1 fully saturated rings. The summed E-state index contributed by atoms with van der Waals surface area (Å²) in [4.78, 5) is 29.9. The number of hydrogen-bond acceptors (Lipinski definition) is 5. The van der Waals surface area contributed by atoms with Gasteiger partial charge in [0, 0.05) is 6.04 Å². The standard InChI is InChI=1S/C16H17N3O3S/c1-22-11-7-8-12-13(9-11)23-15-17-14(20)18(16(21)19(12)15)10-5-3-2-4-6-10/h7-10H,2-6H2,1H3. The van der Waals surface area contributed by atoms with E-state index in [1.54, 1.807) is 11.5 Å². The van der Waals surface area contributed by atoms with E-state index >= 15 is 0 Å². The van der Waals surface area contributed by atoms with Crippen molar-refractivity contribution < 1.29 is 4.74 Å². The summed E-state index contributed by atoms with van der Waals surface area (Å²) in [6, 6.07) is 5.50. The zero-order valence-corrected chi connectivity index (χ0v) is 13.6. The van der Waals surface area contributed by atoms with E-state index in [0.717, 1.165) is 41.6 Å². The molecule has 0 bridgehead atoms. The predicted molar refractivity (Wildman–Crippen MR) is 89.8 cm³/mol. The van der Waals surface area contributed by atoms with Crippen molar-refractivity contribution >= 4 is 26.5 Å². The van der Waals surface area contributed by atoms with Crippen molar-refractivity contribution in [1.82, 2.24) is 14.0 Å². The fraction of sp³-hybridized carbons (Fsp3) is 0.438. The van der Waals surface area contributed by atoms with E-state index in [4.69, 9.17) is 4.74 Å². The minimum atomic E-state index is -0.430. The van der Waals surface area contributed by atoms with Crippen LogP contribution in [-0.2, 0) is 0 Å². The molecule has 7 heteroatoms. The Kier molecular flexibility index (Phi) is 3.45. The van der Waals surface area contributed by atoms with Crippen LogP contribution in [0.4, 0.5) is 0 Å². The lowest BCUT2D eigenvalue weighted by atomic mass is 9.95. The van der Waals surface area contributed by atoms with Gasteiger partial charge in [0.05, 0.1) is 17.3 Å². The lowest BCUT2D eigenvalue weighted by Gasteiger charge is -2.22. The van der Waals surface area contributed by atoms with Crippen LogP contribution in [0.15, 0.2) is 27.8 Å². The first kappa shape index (κ1) is 14.4. The zero-order valence-electron chi connectivity index (χ0n) is 12.8. The van der Waals surface area contributed by atoms with E-state index in [1.165, 1.54) is 22.3 Å². The molecule has 0 radical (unpaired) electrons. The topological polar surface area (TPSA) is 65.6 Å². The van der Waals surface area contributed by atoms with Crippen LogP contribution < -0.4 is 16.1 Å². The maximum absolute atomic E-state index is 12.9. The molecule has 0 atom stereocenters. The number of methoxy groups -OCH3 is 1. The number of nitrogens with zero attached hydrogens (tertiary/aromatic N) is 3. The first-order valence-corrected chi connectivity index (χ1v) is 8.62. The van der Waals surface area contributed by atoms with Gasteiger partial charge < -0.3 is 4.74 Å². The molecule has 3 aromatic rings. The highest BCUT2D eigenvalue weighted by Gasteiger charge is 2.22. The molecule has 2 heterocycles. The van der Waals surface area contributed by atoms with E-state index in [0.29, 0.717) is 4.96 Å². The molecule has 6 nitrogen and oxygen atoms in total. The van der Waals surface area contributed by atoms with Crippen molar-refractivity contribution in [2.75, 3.05) is 7.11 Å². The van der Waals surface area contributed by atoms with E-state index in [-0.39, 0.29) is 11.7 Å². The summed E-state index contributed by atoms with van der Waals surface area (Å²) in [7, 11) is 1.60. The smallest absolute Gasteiger partial charge is 0.354 e. The van der Waals surface area contributed by atoms with Crippen LogP contribution in [0.5, 0.6) is 5.75 Å². The van der Waals surface area contributed by atoms with Crippen LogP contribution in [0.25, 0.3) is 15.2 Å². The second-order valence-corrected chi connectivity index (χ2v) is 6.90. The average molecular weight is 331 g/mol. The first-order chi connectivity index (χ1) is 11.2. The highest BCUT2D eigenvalue weighted by atomic mass is 32.1. The molecule has 0 aliphatic heterocycles. The summed E-state index contributed by atoms with van der Waals surface area (Å²) in [5.41, 5.74) is 0.0663. The molecule has 1 saturated carbocycles. The lowest BCUT2D eigenvalue weighted by molar-refractivity contribution is 0.331. The normalized spacial score (nSPS) is 16.2. The van der Waals surface area contributed by atoms with Crippen LogP contribution in [0.2, 0.25) is 0 Å². The lowest BCUT2D eigenvalue weighted by Crippen LogP contribution is -2.41. The minimum absolute atomic E-state index is 0.0265. The van der Waals surface area contributed by atoms with Crippen LogP contribution in [0.3, 0.4) is 0 Å². The summed E-state index contributed by atoms with van der Waals surface area (Å²) in [5.74, 6) is 0.722. The van der Waals surface area contributed by atoms with Gasteiger partial charge in [-0.3, -0.25) is 0 Å². The summed E-state index contributed by atoms with van der Waals surface area (Å²) in [6.07, 6.45) is 5.03. The molecule has 1 aliphatic rings. The number of thiazole rings is 1. The van der Waals surface area contributed by atoms with E-state index < -0.39 is 5.69 Å². The van der Waals surface area contributed by atoms with Gasteiger partial charge in [0.25, 0.3) is 0 Å². The molecule has 2 aromatic heterocycles. The summed E-state index contributed by atoms with van der Waals surface area (Å²) in [6.45, 7) is 0. The third kappa shape index (κ3) is 2.26. The van der Waals surface area contributed by atoms with E-state index in [2.05, 4.69) is 4.98 Å². The summed E-state index contributed by atoms with van der Waals surface area (Å²) in [5, 5.41) is 0. The van der Waals surface area contributed by atoms with Gasteiger partial charge in [-0.05, 0) is 31.0 Å². The van der Waals surface area contributed by atoms with Crippen molar-refractivity contribution in [1.29, 1.82) is 0 Å². The Bertz CT molecular complexity index is 995. The highest BCUT2D eigenvalue weighted by Crippen LogP contribution is 2.29. The third-order valence-corrected chi connectivity index (χ3v) is 5.54.